The highest BCUT2D eigenvalue weighted by Crippen LogP contribution is 2.26. The molecule has 1 aromatic heterocycles. The summed E-state index contributed by atoms with van der Waals surface area (Å²) in [6, 6.07) is 12.1. The monoisotopic (exact) mass is 519 g/mol. The Morgan fingerprint density at radius 3 is 2.38 bits per heavy atom. The zero-order chi connectivity index (χ0) is 24.8. The predicted octanol–water partition coefficient (Wildman–Crippen LogP) is 5.54. The molecular weight excluding hydrogens is 493 g/mol. The molecule has 34 heavy (non-hydrogen) atoms. The number of amides is 2. The van der Waals surface area contributed by atoms with Crippen molar-refractivity contribution >= 4 is 52.5 Å². The molecule has 0 spiro atoms. The van der Waals surface area contributed by atoms with Gasteiger partial charge in [-0.3, -0.25) is 9.59 Å². The van der Waals surface area contributed by atoms with E-state index < -0.39 is 0 Å². The summed E-state index contributed by atoms with van der Waals surface area (Å²) in [5.41, 5.74) is 2.37. The predicted molar refractivity (Wildman–Crippen MR) is 138 cm³/mol. The SMILES string of the molecule is CCc1ccc(NC(=O)CSc2nnc([C@H](NC(=O)c3ccc(Cl)c(Cl)c3)C(C)C)n2C)cc1. The molecule has 3 aromatic rings. The molecule has 0 aliphatic heterocycles. The van der Waals surface area contributed by atoms with Crippen LogP contribution in [0.5, 0.6) is 0 Å². The number of benzene rings is 2. The standard InChI is InChI=1S/C24H27Cl2N5O2S/c1-5-15-6-9-17(10-7-15)27-20(32)13-34-24-30-29-22(31(24)4)21(14(2)3)28-23(33)16-8-11-18(25)19(26)12-16/h6-12,14,21H,5,13H2,1-4H3,(H,27,32)(H,28,33)/t21-/m1/s1. The summed E-state index contributed by atoms with van der Waals surface area (Å²) in [5, 5.41) is 15.7. The number of anilines is 1. The lowest BCUT2D eigenvalue weighted by molar-refractivity contribution is -0.113. The second-order valence-electron chi connectivity index (χ2n) is 8.11. The molecule has 2 aromatic carbocycles. The Bertz CT molecular complexity index is 1160. The van der Waals surface area contributed by atoms with Crippen molar-refractivity contribution in [2.75, 3.05) is 11.1 Å². The van der Waals surface area contributed by atoms with E-state index in [0.29, 0.717) is 26.6 Å². The van der Waals surface area contributed by atoms with Crippen LogP contribution in [0.4, 0.5) is 5.69 Å². The summed E-state index contributed by atoms with van der Waals surface area (Å²) in [6.45, 7) is 6.05. The van der Waals surface area contributed by atoms with Gasteiger partial charge in [-0.2, -0.15) is 0 Å². The van der Waals surface area contributed by atoms with Crippen LogP contribution in [-0.4, -0.2) is 32.3 Å². The quantitative estimate of drug-likeness (QED) is 0.362. The Labute approximate surface area is 213 Å². The number of hydrogen-bond donors (Lipinski definition) is 2. The van der Waals surface area contributed by atoms with Gasteiger partial charge in [-0.1, -0.05) is 67.9 Å². The van der Waals surface area contributed by atoms with Crippen LogP contribution in [0.25, 0.3) is 0 Å². The van der Waals surface area contributed by atoms with E-state index in [2.05, 4.69) is 27.8 Å². The number of carbonyl (C=O) groups excluding carboxylic acids is 2. The molecule has 2 amide bonds. The molecule has 0 aliphatic carbocycles. The van der Waals surface area contributed by atoms with E-state index in [1.807, 2.05) is 45.2 Å². The number of hydrogen-bond acceptors (Lipinski definition) is 5. The van der Waals surface area contributed by atoms with Gasteiger partial charge in [-0.15, -0.1) is 10.2 Å². The van der Waals surface area contributed by atoms with Crippen molar-refractivity contribution in [3.63, 3.8) is 0 Å². The summed E-state index contributed by atoms with van der Waals surface area (Å²) in [4.78, 5) is 25.2. The molecule has 0 fully saturated rings. The summed E-state index contributed by atoms with van der Waals surface area (Å²) >= 11 is 13.3. The lowest BCUT2D eigenvalue weighted by Gasteiger charge is -2.22. The fraction of sp³-hybridized carbons (Fsp3) is 0.333. The first-order valence-corrected chi connectivity index (χ1v) is 12.6. The Morgan fingerprint density at radius 1 is 1.06 bits per heavy atom. The lowest BCUT2D eigenvalue weighted by atomic mass is 10.0. The highest BCUT2D eigenvalue weighted by molar-refractivity contribution is 7.99. The summed E-state index contributed by atoms with van der Waals surface area (Å²) in [5.74, 6) is 0.405. The van der Waals surface area contributed by atoms with Crippen molar-refractivity contribution in [3.8, 4) is 0 Å². The van der Waals surface area contributed by atoms with Gasteiger partial charge in [-0.05, 0) is 48.2 Å². The minimum atomic E-state index is -0.389. The van der Waals surface area contributed by atoms with Gasteiger partial charge in [0.15, 0.2) is 11.0 Å². The number of aromatic nitrogens is 3. The molecular formula is C24H27Cl2N5O2S. The fourth-order valence-corrected chi connectivity index (χ4v) is 4.28. The first kappa shape index (κ1) is 26.1. The molecule has 1 heterocycles. The average molecular weight is 520 g/mol. The summed E-state index contributed by atoms with van der Waals surface area (Å²) in [7, 11) is 1.82. The van der Waals surface area contributed by atoms with Crippen LogP contribution in [0.3, 0.4) is 0 Å². The van der Waals surface area contributed by atoms with E-state index in [1.54, 1.807) is 16.7 Å². The third-order valence-corrected chi connectivity index (χ3v) is 7.02. The molecule has 0 aliphatic rings. The first-order chi connectivity index (χ1) is 16.2. The van der Waals surface area contributed by atoms with Gasteiger partial charge in [0.2, 0.25) is 5.91 Å². The van der Waals surface area contributed by atoms with Crippen LogP contribution >= 0.6 is 35.0 Å². The van der Waals surface area contributed by atoms with Gasteiger partial charge < -0.3 is 15.2 Å². The van der Waals surface area contributed by atoms with Crippen molar-refractivity contribution in [1.29, 1.82) is 0 Å². The summed E-state index contributed by atoms with van der Waals surface area (Å²) < 4.78 is 1.80. The third-order valence-electron chi connectivity index (χ3n) is 5.26. The van der Waals surface area contributed by atoms with Gasteiger partial charge >= 0.3 is 0 Å². The molecule has 0 saturated heterocycles. The lowest BCUT2D eigenvalue weighted by Crippen LogP contribution is -2.33. The van der Waals surface area contributed by atoms with Gasteiger partial charge in [0.05, 0.1) is 21.8 Å². The van der Waals surface area contributed by atoms with E-state index in [9.17, 15) is 9.59 Å². The fourth-order valence-electron chi connectivity index (χ4n) is 3.26. The van der Waals surface area contributed by atoms with Crippen molar-refractivity contribution in [2.24, 2.45) is 13.0 Å². The topological polar surface area (TPSA) is 88.9 Å². The first-order valence-electron chi connectivity index (χ1n) is 10.9. The van der Waals surface area contributed by atoms with Crippen LogP contribution < -0.4 is 10.6 Å². The minimum Gasteiger partial charge on any atom is -0.342 e. The number of rotatable bonds is 9. The number of thioether (sulfide) groups is 1. The molecule has 0 unspecified atom stereocenters. The molecule has 7 nitrogen and oxygen atoms in total. The molecule has 0 bridgehead atoms. The molecule has 1 atom stereocenters. The van der Waals surface area contributed by atoms with E-state index in [4.69, 9.17) is 23.2 Å². The van der Waals surface area contributed by atoms with Crippen LogP contribution in [0.1, 0.15) is 48.6 Å². The Balaban J connectivity index is 1.65. The molecule has 180 valence electrons. The highest BCUT2D eigenvalue weighted by atomic mass is 35.5. The smallest absolute Gasteiger partial charge is 0.251 e. The summed E-state index contributed by atoms with van der Waals surface area (Å²) in [6.07, 6.45) is 0.948. The maximum Gasteiger partial charge on any atom is 0.251 e. The zero-order valence-corrected chi connectivity index (χ0v) is 21.8. The maximum atomic E-state index is 12.8. The molecule has 0 radical (unpaired) electrons. The van der Waals surface area contributed by atoms with Crippen molar-refractivity contribution < 1.29 is 9.59 Å². The maximum absolute atomic E-state index is 12.8. The second-order valence-corrected chi connectivity index (χ2v) is 9.87. The number of nitrogens with zero attached hydrogens (tertiary/aromatic N) is 3. The van der Waals surface area contributed by atoms with E-state index in [-0.39, 0.29) is 29.5 Å². The van der Waals surface area contributed by atoms with Crippen molar-refractivity contribution in [2.45, 2.75) is 38.4 Å². The van der Waals surface area contributed by atoms with Gasteiger partial charge in [-0.25, -0.2) is 0 Å². The Hall–Kier alpha value is -2.55. The number of nitrogens with one attached hydrogen (secondary N) is 2. The number of halogens is 2. The molecule has 2 N–H and O–H groups in total. The highest BCUT2D eigenvalue weighted by Gasteiger charge is 2.25. The Morgan fingerprint density at radius 2 is 1.76 bits per heavy atom. The zero-order valence-electron chi connectivity index (χ0n) is 19.4. The van der Waals surface area contributed by atoms with E-state index in [1.165, 1.54) is 23.4 Å². The second kappa shape index (κ2) is 11.7. The number of carbonyl (C=O) groups is 2. The van der Waals surface area contributed by atoms with Crippen LogP contribution in [-0.2, 0) is 18.3 Å². The largest absolute Gasteiger partial charge is 0.342 e. The van der Waals surface area contributed by atoms with Crippen LogP contribution in [0, 0.1) is 5.92 Å². The van der Waals surface area contributed by atoms with Gasteiger partial charge in [0.1, 0.15) is 0 Å². The Kier molecular flexibility index (Phi) is 8.99. The van der Waals surface area contributed by atoms with Gasteiger partial charge in [0.25, 0.3) is 5.91 Å². The van der Waals surface area contributed by atoms with E-state index >= 15 is 0 Å². The van der Waals surface area contributed by atoms with Crippen LogP contribution in [0.15, 0.2) is 47.6 Å². The van der Waals surface area contributed by atoms with Crippen molar-refractivity contribution in [1.82, 2.24) is 20.1 Å². The van der Waals surface area contributed by atoms with E-state index in [0.717, 1.165) is 12.1 Å². The normalized spacial score (nSPS) is 12.0. The van der Waals surface area contributed by atoms with Gasteiger partial charge in [0, 0.05) is 18.3 Å². The van der Waals surface area contributed by atoms with Crippen LogP contribution in [0.2, 0.25) is 10.0 Å². The number of aryl methyl sites for hydroxylation is 1. The molecule has 10 heteroatoms. The van der Waals surface area contributed by atoms with Crippen molar-refractivity contribution in [3.05, 3.63) is 69.5 Å². The molecule has 0 saturated carbocycles. The average Bonchev–Trinajstić information content (AvgIpc) is 3.17. The third kappa shape index (κ3) is 6.52. The minimum absolute atomic E-state index is 0.0434. The molecule has 3 rings (SSSR count).